The van der Waals surface area contributed by atoms with E-state index in [0.29, 0.717) is 12.0 Å². The standard InChI is InChI=1S/C19H22N2O2S/c22-18(9-8-17-7-4-14-24-17)21-12-10-16(11-13-21)20-19(23)15-5-2-1-3-6-15/h1-7,14,16H,8-13H2,(H,20,23). The van der Waals surface area contributed by atoms with Gasteiger partial charge in [0.2, 0.25) is 5.91 Å². The van der Waals surface area contributed by atoms with Gasteiger partial charge in [-0.2, -0.15) is 0 Å². The number of likely N-dealkylation sites (tertiary alicyclic amines) is 1. The molecule has 1 aromatic carbocycles. The third kappa shape index (κ3) is 4.45. The van der Waals surface area contributed by atoms with Crippen LogP contribution in [0.1, 0.15) is 34.5 Å². The van der Waals surface area contributed by atoms with Crippen LogP contribution in [0, 0.1) is 0 Å². The van der Waals surface area contributed by atoms with E-state index in [1.54, 1.807) is 11.3 Å². The van der Waals surface area contributed by atoms with Gasteiger partial charge in [0.1, 0.15) is 0 Å². The molecule has 0 spiro atoms. The minimum atomic E-state index is -0.0296. The lowest BCUT2D eigenvalue weighted by Gasteiger charge is -2.32. The number of carbonyl (C=O) groups excluding carboxylic acids is 2. The summed E-state index contributed by atoms with van der Waals surface area (Å²) in [6, 6.07) is 13.5. The summed E-state index contributed by atoms with van der Waals surface area (Å²) in [5, 5.41) is 5.12. The second kappa shape index (κ2) is 8.11. The molecule has 24 heavy (non-hydrogen) atoms. The first-order chi connectivity index (χ1) is 11.7. The average Bonchev–Trinajstić information content (AvgIpc) is 3.14. The van der Waals surface area contributed by atoms with Gasteiger partial charge in [-0.15, -0.1) is 11.3 Å². The van der Waals surface area contributed by atoms with Gasteiger partial charge >= 0.3 is 0 Å². The normalized spacial score (nSPS) is 15.2. The third-order valence-corrected chi connectivity index (χ3v) is 5.32. The highest BCUT2D eigenvalue weighted by Gasteiger charge is 2.23. The fourth-order valence-corrected chi connectivity index (χ4v) is 3.68. The Morgan fingerprint density at radius 3 is 2.50 bits per heavy atom. The van der Waals surface area contributed by atoms with Crippen LogP contribution in [0.25, 0.3) is 0 Å². The number of piperidine rings is 1. The maximum atomic E-state index is 12.3. The number of rotatable bonds is 5. The first kappa shape index (κ1) is 16.7. The van der Waals surface area contributed by atoms with E-state index in [2.05, 4.69) is 11.4 Å². The summed E-state index contributed by atoms with van der Waals surface area (Å²) in [6.07, 6.45) is 3.04. The van der Waals surface area contributed by atoms with Gasteiger partial charge in [0.25, 0.3) is 5.91 Å². The zero-order chi connectivity index (χ0) is 16.8. The first-order valence-corrected chi connectivity index (χ1v) is 9.26. The zero-order valence-corrected chi connectivity index (χ0v) is 14.4. The Bertz CT molecular complexity index is 662. The molecule has 126 valence electrons. The van der Waals surface area contributed by atoms with Crippen LogP contribution in [0.5, 0.6) is 0 Å². The van der Waals surface area contributed by atoms with Crippen LogP contribution in [-0.2, 0) is 11.2 Å². The van der Waals surface area contributed by atoms with Crippen molar-refractivity contribution < 1.29 is 9.59 Å². The smallest absolute Gasteiger partial charge is 0.251 e. The quantitative estimate of drug-likeness (QED) is 0.908. The summed E-state index contributed by atoms with van der Waals surface area (Å²) in [4.78, 5) is 27.6. The maximum absolute atomic E-state index is 12.3. The number of amides is 2. The molecule has 0 unspecified atom stereocenters. The first-order valence-electron chi connectivity index (χ1n) is 8.38. The number of hydrogen-bond donors (Lipinski definition) is 1. The molecule has 2 aromatic rings. The Hall–Kier alpha value is -2.14. The fraction of sp³-hybridized carbons (Fsp3) is 0.368. The highest BCUT2D eigenvalue weighted by Crippen LogP contribution is 2.15. The summed E-state index contributed by atoms with van der Waals surface area (Å²) in [6.45, 7) is 1.45. The van der Waals surface area contributed by atoms with E-state index in [1.165, 1.54) is 4.88 Å². The molecule has 0 radical (unpaired) electrons. The summed E-state index contributed by atoms with van der Waals surface area (Å²) < 4.78 is 0. The predicted octanol–water partition coefficient (Wildman–Crippen LogP) is 3.10. The zero-order valence-electron chi connectivity index (χ0n) is 13.6. The van der Waals surface area contributed by atoms with Gasteiger partial charge in [-0.3, -0.25) is 9.59 Å². The van der Waals surface area contributed by atoms with Crippen molar-refractivity contribution in [2.75, 3.05) is 13.1 Å². The molecule has 1 aliphatic rings. The highest BCUT2D eigenvalue weighted by molar-refractivity contribution is 7.09. The van der Waals surface area contributed by atoms with Crippen molar-refractivity contribution in [1.82, 2.24) is 10.2 Å². The molecule has 2 amide bonds. The molecular weight excluding hydrogens is 320 g/mol. The Morgan fingerprint density at radius 2 is 1.83 bits per heavy atom. The van der Waals surface area contributed by atoms with Gasteiger partial charge in [0, 0.05) is 36.0 Å². The molecule has 2 heterocycles. The summed E-state index contributed by atoms with van der Waals surface area (Å²) in [5.74, 6) is 0.189. The number of benzene rings is 1. The van der Waals surface area contributed by atoms with Gasteiger partial charge in [-0.25, -0.2) is 0 Å². The number of carbonyl (C=O) groups is 2. The van der Waals surface area contributed by atoms with E-state index < -0.39 is 0 Å². The molecule has 0 saturated carbocycles. The minimum absolute atomic E-state index is 0.0296. The van der Waals surface area contributed by atoms with E-state index in [-0.39, 0.29) is 17.9 Å². The van der Waals surface area contributed by atoms with Crippen LogP contribution in [-0.4, -0.2) is 35.8 Å². The lowest BCUT2D eigenvalue weighted by atomic mass is 10.0. The molecule has 1 aromatic heterocycles. The number of thiophene rings is 1. The van der Waals surface area contributed by atoms with E-state index >= 15 is 0 Å². The molecule has 5 heteroatoms. The molecule has 1 saturated heterocycles. The molecule has 3 rings (SSSR count). The van der Waals surface area contributed by atoms with Crippen LogP contribution in [0.2, 0.25) is 0 Å². The topological polar surface area (TPSA) is 49.4 Å². The van der Waals surface area contributed by atoms with Crippen molar-refractivity contribution in [3.05, 3.63) is 58.3 Å². The maximum Gasteiger partial charge on any atom is 0.251 e. The van der Waals surface area contributed by atoms with Crippen LogP contribution >= 0.6 is 11.3 Å². The molecule has 1 aliphatic heterocycles. The third-order valence-electron chi connectivity index (χ3n) is 4.38. The molecular formula is C19H22N2O2S. The van der Waals surface area contributed by atoms with Crippen LogP contribution in [0.4, 0.5) is 0 Å². The van der Waals surface area contributed by atoms with Crippen molar-refractivity contribution >= 4 is 23.2 Å². The van der Waals surface area contributed by atoms with Gasteiger partial charge < -0.3 is 10.2 Å². The largest absolute Gasteiger partial charge is 0.349 e. The minimum Gasteiger partial charge on any atom is -0.349 e. The van der Waals surface area contributed by atoms with Gasteiger partial charge in [-0.1, -0.05) is 24.3 Å². The lowest BCUT2D eigenvalue weighted by Crippen LogP contribution is -2.46. The fourth-order valence-electron chi connectivity index (χ4n) is 2.97. The van der Waals surface area contributed by atoms with Crippen LogP contribution in [0.3, 0.4) is 0 Å². The number of nitrogens with one attached hydrogen (secondary N) is 1. The summed E-state index contributed by atoms with van der Waals surface area (Å²) in [5.41, 5.74) is 0.687. The van der Waals surface area contributed by atoms with E-state index in [1.807, 2.05) is 46.7 Å². The summed E-state index contributed by atoms with van der Waals surface area (Å²) in [7, 11) is 0. The number of nitrogens with zero attached hydrogens (tertiary/aromatic N) is 1. The van der Waals surface area contributed by atoms with Crippen LogP contribution in [0.15, 0.2) is 47.8 Å². The predicted molar refractivity (Wildman–Crippen MR) is 96.2 cm³/mol. The molecule has 0 bridgehead atoms. The van der Waals surface area contributed by atoms with Gasteiger partial charge in [0.15, 0.2) is 0 Å². The van der Waals surface area contributed by atoms with Crippen LogP contribution < -0.4 is 5.32 Å². The molecule has 1 N–H and O–H groups in total. The highest BCUT2D eigenvalue weighted by atomic mass is 32.1. The van der Waals surface area contributed by atoms with Gasteiger partial charge in [-0.05, 0) is 42.8 Å². The van der Waals surface area contributed by atoms with E-state index in [4.69, 9.17) is 0 Å². The van der Waals surface area contributed by atoms with Crippen molar-refractivity contribution in [3.63, 3.8) is 0 Å². The molecule has 0 aliphatic carbocycles. The average molecular weight is 342 g/mol. The SMILES string of the molecule is O=C(NC1CCN(C(=O)CCc2cccs2)CC1)c1ccccc1. The number of aryl methyl sites for hydroxylation is 1. The molecule has 4 nitrogen and oxygen atoms in total. The number of hydrogen-bond acceptors (Lipinski definition) is 3. The van der Waals surface area contributed by atoms with E-state index in [9.17, 15) is 9.59 Å². The second-order valence-electron chi connectivity index (χ2n) is 6.07. The Labute approximate surface area is 146 Å². The Balaban J connectivity index is 1.42. The van der Waals surface area contributed by atoms with Crippen molar-refractivity contribution in [1.29, 1.82) is 0 Å². The van der Waals surface area contributed by atoms with Gasteiger partial charge in [0.05, 0.1) is 0 Å². The second-order valence-corrected chi connectivity index (χ2v) is 7.11. The van der Waals surface area contributed by atoms with Crippen molar-refractivity contribution in [2.45, 2.75) is 31.7 Å². The Kier molecular flexibility index (Phi) is 5.64. The monoisotopic (exact) mass is 342 g/mol. The molecule has 0 atom stereocenters. The lowest BCUT2D eigenvalue weighted by molar-refractivity contribution is -0.132. The van der Waals surface area contributed by atoms with E-state index in [0.717, 1.165) is 32.4 Å². The van der Waals surface area contributed by atoms with Crippen molar-refractivity contribution in [3.8, 4) is 0 Å². The summed E-state index contributed by atoms with van der Waals surface area (Å²) >= 11 is 1.70. The Morgan fingerprint density at radius 1 is 1.08 bits per heavy atom. The van der Waals surface area contributed by atoms with Crippen molar-refractivity contribution in [2.24, 2.45) is 0 Å². The molecule has 1 fully saturated rings.